The summed E-state index contributed by atoms with van der Waals surface area (Å²) in [5.41, 5.74) is 17.9. The van der Waals surface area contributed by atoms with E-state index in [0.717, 1.165) is 6.42 Å². The molecule has 1 aliphatic heterocycles. The number of hydrogen-bond donors (Lipinski definition) is 5. The highest BCUT2D eigenvalue weighted by Gasteiger charge is 2.53. The molecule has 176 valence electrons. The summed E-state index contributed by atoms with van der Waals surface area (Å²) in [6.45, 7) is 1.81. The molecule has 1 saturated heterocycles. The van der Waals surface area contributed by atoms with E-state index in [2.05, 4.69) is 11.8 Å². The highest BCUT2D eigenvalue weighted by atomic mass is 16.7. The predicted octanol–water partition coefficient (Wildman–Crippen LogP) is -2.98. The van der Waals surface area contributed by atoms with Crippen LogP contribution in [-0.2, 0) is 19.0 Å². The van der Waals surface area contributed by atoms with Gasteiger partial charge in [0.15, 0.2) is 6.29 Å². The number of aliphatic hydroxyl groups excluding tert-OH is 2. The third kappa shape index (κ3) is 5.12. The number of likely N-dealkylation sites (N-methyl/N-ethyl adjacent to an activating group) is 2. The minimum absolute atomic E-state index is 0.101. The average molecular weight is 434 g/mol. The normalized spacial score (nSPS) is 41.0. The van der Waals surface area contributed by atoms with Gasteiger partial charge in [0, 0.05) is 20.2 Å². The fourth-order valence-electron chi connectivity index (χ4n) is 4.25. The van der Waals surface area contributed by atoms with Crippen molar-refractivity contribution in [1.29, 1.82) is 0 Å². The van der Waals surface area contributed by atoms with Crippen LogP contribution in [0.5, 0.6) is 0 Å². The van der Waals surface area contributed by atoms with Gasteiger partial charge in [0.1, 0.15) is 18.3 Å². The third-order valence-electron chi connectivity index (χ3n) is 6.51. The summed E-state index contributed by atoms with van der Waals surface area (Å²) >= 11 is 0. The first-order chi connectivity index (χ1) is 14.0. The van der Waals surface area contributed by atoms with Gasteiger partial charge in [0.05, 0.1) is 36.9 Å². The van der Waals surface area contributed by atoms with E-state index in [1.807, 2.05) is 14.1 Å². The molecule has 2 rings (SSSR count). The molecule has 10 unspecified atom stereocenters. The van der Waals surface area contributed by atoms with Crippen molar-refractivity contribution in [2.75, 3.05) is 34.8 Å². The predicted molar refractivity (Wildman–Crippen MR) is 110 cm³/mol. The second-order valence-electron chi connectivity index (χ2n) is 8.55. The Hall–Kier alpha value is -0.890. The molecule has 10 atom stereocenters. The molecule has 11 nitrogen and oxygen atoms in total. The van der Waals surface area contributed by atoms with Gasteiger partial charge in [-0.2, -0.15) is 0 Å². The monoisotopic (exact) mass is 433 g/mol. The number of nitrogens with two attached hydrogens (primary N) is 3. The molecular formula is C19H39N5O6. The van der Waals surface area contributed by atoms with E-state index in [1.165, 1.54) is 19.1 Å². The molecule has 1 aliphatic carbocycles. The second kappa shape index (κ2) is 10.6. The Morgan fingerprint density at radius 1 is 1.17 bits per heavy atom. The molecule has 2 fully saturated rings. The number of methoxy groups -OCH3 is 1. The van der Waals surface area contributed by atoms with Crippen LogP contribution in [-0.4, -0.2) is 122 Å². The highest BCUT2D eigenvalue weighted by Crippen LogP contribution is 2.31. The molecule has 8 N–H and O–H groups in total. The topological polar surface area (TPSA) is 170 Å². The van der Waals surface area contributed by atoms with Crippen molar-refractivity contribution in [2.24, 2.45) is 17.2 Å². The smallest absolute Gasteiger partial charge is 0.236 e. The van der Waals surface area contributed by atoms with Crippen LogP contribution >= 0.6 is 0 Å². The van der Waals surface area contributed by atoms with Crippen LogP contribution in [0.2, 0.25) is 0 Å². The molecule has 1 heterocycles. The highest BCUT2D eigenvalue weighted by molar-refractivity contribution is 5.78. The lowest BCUT2D eigenvalue weighted by Crippen LogP contribution is -2.72. The first-order valence-electron chi connectivity index (χ1n) is 10.4. The zero-order valence-electron chi connectivity index (χ0n) is 18.5. The molecule has 1 saturated carbocycles. The van der Waals surface area contributed by atoms with Crippen molar-refractivity contribution in [3.05, 3.63) is 0 Å². The van der Waals surface area contributed by atoms with Crippen molar-refractivity contribution in [2.45, 2.75) is 80.7 Å². The van der Waals surface area contributed by atoms with E-state index in [1.54, 1.807) is 0 Å². The molecule has 11 heteroatoms. The van der Waals surface area contributed by atoms with Gasteiger partial charge in [0.2, 0.25) is 5.91 Å². The van der Waals surface area contributed by atoms with Crippen molar-refractivity contribution in [1.82, 2.24) is 9.80 Å². The summed E-state index contributed by atoms with van der Waals surface area (Å²) in [6, 6.07) is -2.14. The van der Waals surface area contributed by atoms with E-state index in [4.69, 9.17) is 31.4 Å². The molecule has 0 aromatic rings. The Morgan fingerprint density at radius 3 is 2.33 bits per heavy atom. The SMILES string of the molecule is COC1C(O)C(N)C(OC2OC(C(C)N(C)C)CCC2N)C(O)C1N(C)C(=O)CN. The van der Waals surface area contributed by atoms with Gasteiger partial charge in [-0.25, -0.2) is 0 Å². The molecule has 0 radical (unpaired) electrons. The Morgan fingerprint density at radius 2 is 1.80 bits per heavy atom. The van der Waals surface area contributed by atoms with Crippen molar-refractivity contribution in [3.63, 3.8) is 0 Å². The fraction of sp³-hybridized carbons (Fsp3) is 0.947. The molecule has 0 bridgehead atoms. The first kappa shape index (κ1) is 25.4. The quantitative estimate of drug-likeness (QED) is 0.279. The number of carbonyl (C=O) groups excluding carboxylic acids is 1. The summed E-state index contributed by atoms with van der Waals surface area (Å²) in [4.78, 5) is 15.5. The summed E-state index contributed by atoms with van der Waals surface area (Å²) in [5.74, 6) is -0.409. The lowest BCUT2D eigenvalue weighted by molar-refractivity contribution is -0.270. The third-order valence-corrected chi connectivity index (χ3v) is 6.51. The summed E-state index contributed by atoms with van der Waals surface area (Å²) in [6.07, 6.45) is -3.79. The number of amides is 1. The number of carbonyl (C=O) groups is 1. The molecular weight excluding hydrogens is 394 g/mol. The van der Waals surface area contributed by atoms with Crippen molar-refractivity contribution in [3.8, 4) is 0 Å². The first-order valence-corrected chi connectivity index (χ1v) is 10.4. The number of hydrogen-bond acceptors (Lipinski definition) is 10. The van der Waals surface area contributed by atoms with Crippen LogP contribution in [0.3, 0.4) is 0 Å². The maximum atomic E-state index is 12.2. The molecule has 1 amide bonds. The molecule has 2 aliphatic rings. The maximum Gasteiger partial charge on any atom is 0.236 e. The second-order valence-corrected chi connectivity index (χ2v) is 8.55. The van der Waals surface area contributed by atoms with Crippen LogP contribution in [0.15, 0.2) is 0 Å². The zero-order chi connectivity index (χ0) is 22.7. The summed E-state index contributed by atoms with van der Waals surface area (Å²) in [7, 11) is 6.81. The van der Waals surface area contributed by atoms with Crippen LogP contribution in [0.25, 0.3) is 0 Å². The zero-order valence-corrected chi connectivity index (χ0v) is 18.5. The van der Waals surface area contributed by atoms with E-state index in [0.29, 0.717) is 6.42 Å². The molecule has 0 spiro atoms. The van der Waals surface area contributed by atoms with Crippen LogP contribution in [0, 0.1) is 0 Å². The van der Waals surface area contributed by atoms with Gasteiger partial charge in [-0.15, -0.1) is 0 Å². The van der Waals surface area contributed by atoms with E-state index in [9.17, 15) is 15.0 Å². The average Bonchev–Trinajstić information content (AvgIpc) is 2.72. The van der Waals surface area contributed by atoms with Gasteiger partial charge in [-0.3, -0.25) is 4.79 Å². The standard InChI is InChI=1S/C19H39N5O6/c1-9(23(2)3)11-7-6-10(21)19(29-11)30-17-13(22)15(26)18(28-5)14(16(17)27)24(4)12(25)8-20/h9-11,13-19,26-27H,6-8,20-22H2,1-5H3. The Kier molecular flexibility index (Phi) is 8.98. The number of aliphatic hydroxyl groups is 2. The largest absolute Gasteiger partial charge is 0.389 e. The van der Waals surface area contributed by atoms with Gasteiger partial charge in [-0.1, -0.05) is 0 Å². The van der Waals surface area contributed by atoms with Gasteiger partial charge >= 0.3 is 0 Å². The molecule has 30 heavy (non-hydrogen) atoms. The minimum Gasteiger partial charge on any atom is -0.389 e. The van der Waals surface area contributed by atoms with Gasteiger partial charge in [0.25, 0.3) is 0 Å². The molecule has 0 aromatic carbocycles. The van der Waals surface area contributed by atoms with Gasteiger partial charge < -0.3 is 51.4 Å². The van der Waals surface area contributed by atoms with Crippen LogP contribution < -0.4 is 17.2 Å². The minimum atomic E-state index is -1.24. The Bertz CT molecular complexity index is 570. The van der Waals surface area contributed by atoms with Crippen molar-refractivity contribution >= 4 is 5.91 Å². The fourth-order valence-corrected chi connectivity index (χ4v) is 4.25. The molecule has 0 aromatic heterocycles. The van der Waals surface area contributed by atoms with Crippen LogP contribution in [0.4, 0.5) is 0 Å². The Balaban J connectivity index is 2.22. The number of ether oxygens (including phenoxy) is 3. The number of nitrogens with zero attached hydrogens (tertiary/aromatic N) is 2. The lowest BCUT2D eigenvalue weighted by atomic mass is 9.80. The number of rotatable bonds is 7. The summed E-state index contributed by atoms with van der Waals surface area (Å²) < 4.78 is 17.5. The van der Waals surface area contributed by atoms with Crippen molar-refractivity contribution < 1.29 is 29.2 Å². The van der Waals surface area contributed by atoms with Gasteiger partial charge in [-0.05, 0) is 33.9 Å². The van der Waals surface area contributed by atoms with E-state index >= 15 is 0 Å². The Labute approximate surface area is 178 Å². The lowest BCUT2D eigenvalue weighted by Gasteiger charge is -2.50. The maximum absolute atomic E-state index is 12.2. The van der Waals surface area contributed by atoms with Crippen LogP contribution in [0.1, 0.15) is 19.8 Å². The summed E-state index contributed by atoms with van der Waals surface area (Å²) in [5, 5.41) is 21.8. The van der Waals surface area contributed by atoms with E-state index in [-0.39, 0.29) is 18.7 Å². The van der Waals surface area contributed by atoms with E-state index < -0.39 is 54.7 Å².